The zero-order chi connectivity index (χ0) is 28.5. The summed E-state index contributed by atoms with van der Waals surface area (Å²) in [7, 11) is -2.29. The van der Waals surface area contributed by atoms with E-state index in [-0.39, 0.29) is 42.0 Å². The van der Waals surface area contributed by atoms with Crippen molar-refractivity contribution >= 4 is 33.5 Å². The van der Waals surface area contributed by atoms with Crippen molar-refractivity contribution in [3.05, 3.63) is 78.6 Å². The van der Waals surface area contributed by atoms with Crippen LogP contribution in [0.3, 0.4) is 0 Å². The highest BCUT2D eigenvalue weighted by Gasteiger charge is 2.36. The van der Waals surface area contributed by atoms with Gasteiger partial charge in [-0.3, -0.25) is 9.59 Å². The number of anilines is 2. The molecule has 1 aliphatic rings. The molecule has 1 fully saturated rings. The maximum absolute atomic E-state index is 12.6. The van der Waals surface area contributed by atoms with Crippen molar-refractivity contribution in [3.63, 3.8) is 0 Å². The van der Waals surface area contributed by atoms with Crippen LogP contribution >= 0.6 is 0 Å². The van der Waals surface area contributed by atoms with Crippen molar-refractivity contribution in [2.45, 2.75) is 42.8 Å². The van der Waals surface area contributed by atoms with E-state index >= 15 is 0 Å². The monoisotopic (exact) mass is 568 g/mol. The fourth-order valence-corrected chi connectivity index (χ4v) is 5.38. The number of piperidine rings is 1. The molecule has 0 saturated carbocycles. The van der Waals surface area contributed by atoms with E-state index in [9.17, 15) is 18.0 Å². The van der Waals surface area contributed by atoms with Crippen molar-refractivity contribution in [2.75, 3.05) is 30.4 Å². The Balaban J connectivity index is 1.25. The number of sulfonamides is 1. The van der Waals surface area contributed by atoms with Crippen LogP contribution in [0.4, 0.5) is 11.6 Å². The molecular formula is C27H32N6O6S. The van der Waals surface area contributed by atoms with Crippen molar-refractivity contribution in [2.24, 2.45) is 0 Å². The number of amides is 1. The standard InChI is InChI=1S/C27H32N6O6S/c1-19-25(38-2)23(31-27-29-15-6-16-30-27)14-18-33(19)21-11-9-20(10-12-21)26(35)28-17-13-24(34)39-32-40(36,37)22-7-4-3-5-8-22/h3-12,15-16,19,23,25,32H,13-14,17-18H2,1-2H3,(H,28,35)(H,29,30,31)/t19-,23+,25+/m1/s1. The van der Waals surface area contributed by atoms with E-state index < -0.39 is 16.0 Å². The van der Waals surface area contributed by atoms with Crippen LogP contribution in [-0.4, -0.2) is 68.6 Å². The molecule has 4 rings (SSSR count). The Hall–Kier alpha value is -4.07. The molecule has 1 aliphatic heterocycles. The van der Waals surface area contributed by atoms with Gasteiger partial charge in [-0.05, 0) is 60.7 Å². The smallest absolute Gasteiger partial charge is 0.327 e. The first kappa shape index (κ1) is 28.9. The number of benzene rings is 2. The normalized spacial score (nSPS) is 19.1. The van der Waals surface area contributed by atoms with Gasteiger partial charge >= 0.3 is 5.97 Å². The van der Waals surface area contributed by atoms with Crippen molar-refractivity contribution in [1.29, 1.82) is 0 Å². The molecule has 212 valence electrons. The third kappa shape index (κ3) is 7.31. The molecule has 0 radical (unpaired) electrons. The second kappa shape index (κ2) is 13.3. The van der Waals surface area contributed by atoms with Gasteiger partial charge < -0.3 is 25.1 Å². The number of nitrogens with zero attached hydrogens (tertiary/aromatic N) is 3. The summed E-state index contributed by atoms with van der Waals surface area (Å²) >= 11 is 0. The topological polar surface area (TPSA) is 152 Å². The van der Waals surface area contributed by atoms with Gasteiger partial charge in [-0.15, -0.1) is 0 Å². The van der Waals surface area contributed by atoms with Crippen LogP contribution in [-0.2, 0) is 24.4 Å². The Kier molecular flexibility index (Phi) is 9.64. The maximum Gasteiger partial charge on any atom is 0.327 e. The molecule has 0 unspecified atom stereocenters. The van der Waals surface area contributed by atoms with Gasteiger partial charge in [0.25, 0.3) is 15.9 Å². The van der Waals surface area contributed by atoms with E-state index in [4.69, 9.17) is 4.74 Å². The summed E-state index contributed by atoms with van der Waals surface area (Å²) in [4.78, 5) is 41.6. The fraction of sp³-hybridized carbons (Fsp3) is 0.333. The average Bonchev–Trinajstić information content (AvgIpc) is 2.97. The van der Waals surface area contributed by atoms with Gasteiger partial charge in [0.2, 0.25) is 5.95 Å². The lowest BCUT2D eigenvalue weighted by molar-refractivity contribution is -0.146. The zero-order valence-electron chi connectivity index (χ0n) is 22.2. The van der Waals surface area contributed by atoms with Gasteiger partial charge in [0, 0.05) is 43.8 Å². The lowest BCUT2D eigenvalue weighted by Gasteiger charge is -2.44. The SMILES string of the molecule is CO[C@@H]1[C@@H](Nc2ncccn2)CCN(c2ccc(C(=O)NCCC(=O)ONS(=O)(=O)c3ccccc3)cc2)[C@@H]1C. The molecule has 2 heterocycles. The van der Waals surface area contributed by atoms with Gasteiger partial charge in [-0.1, -0.05) is 18.2 Å². The van der Waals surface area contributed by atoms with Crippen molar-refractivity contribution < 1.29 is 27.6 Å². The lowest BCUT2D eigenvalue weighted by atomic mass is 9.94. The summed E-state index contributed by atoms with van der Waals surface area (Å²) < 4.78 is 30.1. The number of aromatic nitrogens is 2. The predicted octanol–water partition coefficient (Wildman–Crippen LogP) is 2.13. The van der Waals surface area contributed by atoms with Crippen LogP contribution in [0.2, 0.25) is 0 Å². The molecule has 0 spiro atoms. The Morgan fingerprint density at radius 1 is 1.02 bits per heavy atom. The minimum absolute atomic E-state index is 0.0231. The van der Waals surface area contributed by atoms with Gasteiger partial charge in [-0.25, -0.2) is 18.4 Å². The van der Waals surface area contributed by atoms with Crippen LogP contribution in [0.15, 0.2) is 78.0 Å². The minimum atomic E-state index is -3.98. The van der Waals surface area contributed by atoms with E-state index in [1.165, 1.54) is 12.1 Å². The molecule has 3 N–H and O–H groups in total. The van der Waals surface area contributed by atoms with Gasteiger partial charge in [0.1, 0.15) is 0 Å². The number of carbonyl (C=O) groups excluding carboxylic acids is 2. The molecule has 40 heavy (non-hydrogen) atoms. The van der Waals surface area contributed by atoms with Crippen LogP contribution in [0, 0.1) is 0 Å². The average molecular weight is 569 g/mol. The quantitative estimate of drug-likeness (QED) is 0.293. The largest absolute Gasteiger partial charge is 0.377 e. The number of hydrogen-bond acceptors (Lipinski definition) is 10. The highest BCUT2D eigenvalue weighted by atomic mass is 32.2. The summed E-state index contributed by atoms with van der Waals surface area (Å²) in [5, 5.41) is 6.01. The number of ether oxygens (including phenoxy) is 1. The second-order valence-electron chi connectivity index (χ2n) is 9.17. The third-order valence-corrected chi connectivity index (χ3v) is 7.79. The van der Waals surface area contributed by atoms with E-state index in [0.29, 0.717) is 11.5 Å². The number of methoxy groups -OCH3 is 1. The Bertz CT molecular complexity index is 1380. The molecule has 2 aromatic carbocycles. The van der Waals surface area contributed by atoms with Crippen molar-refractivity contribution in [1.82, 2.24) is 20.2 Å². The number of nitrogens with one attached hydrogen (secondary N) is 3. The maximum atomic E-state index is 12.6. The minimum Gasteiger partial charge on any atom is -0.377 e. The first-order chi connectivity index (χ1) is 19.3. The summed E-state index contributed by atoms with van der Waals surface area (Å²) in [6, 6.07) is 16.6. The second-order valence-corrected chi connectivity index (χ2v) is 10.8. The first-order valence-electron chi connectivity index (χ1n) is 12.8. The van der Waals surface area contributed by atoms with Crippen molar-refractivity contribution in [3.8, 4) is 0 Å². The third-order valence-electron chi connectivity index (χ3n) is 6.59. The zero-order valence-corrected chi connectivity index (χ0v) is 23.0. The Morgan fingerprint density at radius 3 is 2.40 bits per heavy atom. The Morgan fingerprint density at radius 2 is 1.73 bits per heavy atom. The summed E-state index contributed by atoms with van der Waals surface area (Å²) in [5.41, 5.74) is 1.38. The highest BCUT2D eigenvalue weighted by molar-refractivity contribution is 7.89. The van der Waals surface area contributed by atoms with Gasteiger partial charge in [0.15, 0.2) is 0 Å². The van der Waals surface area contributed by atoms with E-state index in [0.717, 1.165) is 18.7 Å². The molecule has 1 saturated heterocycles. The van der Waals surface area contributed by atoms with E-state index in [1.807, 2.05) is 12.1 Å². The summed E-state index contributed by atoms with van der Waals surface area (Å²) in [6.07, 6.45) is 3.86. The van der Waals surface area contributed by atoms with Crippen LogP contribution in [0.1, 0.15) is 30.1 Å². The summed E-state index contributed by atoms with van der Waals surface area (Å²) in [6.45, 7) is 2.84. The molecule has 13 heteroatoms. The fourth-order valence-electron chi connectivity index (χ4n) is 4.56. The number of carbonyl (C=O) groups is 2. The predicted molar refractivity (Wildman–Crippen MR) is 148 cm³/mol. The van der Waals surface area contributed by atoms with Gasteiger partial charge in [0.05, 0.1) is 29.5 Å². The molecular weight excluding hydrogens is 536 g/mol. The molecule has 0 aliphatic carbocycles. The van der Waals surface area contributed by atoms with Crippen LogP contribution < -0.4 is 20.4 Å². The highest BCUT2D eigenvalue weighted by Crippen LogP contribution is 2.28. The lowest BCUT2D eigenvalue weighted by Crippen LogP contribution is -2.56. The molecule has 0 bridgehead atoms. The molecule has 12 nitrogen and oxygen atoms in total. The van der Waals surface area contributed by atoms with E-state index in [1.54, 1.807) is 60.8 Å². The first-order valence-corrected chi connectivity index (χ1v) is 14.2. The molecule has 3 aromatic rings. The molecule has 3 atom stereocenters. The Labute approximate surface area is 233 Å². The number of hydrogen-bond donors (Lipinski definition) is 3. The molecule has 1 amide bonds. The van der Waals surface area contributed by atoms with Crippen LogP contribution in [0.25, 0.3) is 0 Å². The molecule has 1 aromatic heterocycles. The summed E-state index contributed by atoms with van der Waals surface area (Å²) in [5.74, 6) is -0.626. The van der Waals surface area contributed by atoms with Gasteiger partial charge in [-0.2, -0.15) is 0 Å². The van der Waals surface area contributed by atoms with Crippen LogP contribution in [0.5, 0.6) is 0 Å². The number of rotatable bonds is 11. The van der Waals surface area contributed by atoms with E-state index in [2.05, 4.69) is 37.3 Å².